The average molecular weight is 237 g/mol. The van der Waals surface area contributed by atoms with E-state index in [1.54, 1.807) is 7.11 Å². The molecule has 1 unspecified atom stereocenters. The highest BCUT2D eigenvalue weighted by molar-refractivity contribution is 7.99. The fourth-order valence-corrected chi connectivity index (χ4v) is 3.19. The molecule has 1 aliphatic heterocycles. The molecule has 2 rings (SSSR count). The van der Waals surface area contributed by atoms with Gasteiger partial charge in [0.05, 0.1) is 7.11 Å². The van der Waals surface area contributed by atoms with Crippen LogP contribution in [0.2, 0.25) is 0 Å². The van der Waals surface area contributed by atoms with Crippen molar-refractivity contribution < 1.29 is 4.74 Å². The molecule has 0 aliphatic carbocycles. The van der Waals surface area contributed by atoms with E-state index in [0.717, 1.165) is 12.3 Å². The van der Waals surface area contributed by atoms with Crippen molar-refractivity contribution in [2.45, 2.75) is 25.9 Å². The molecule has 1 aliphatic rings. The molecule has 1 fully saturated rings. The van der Waals surface area contributed by atoms with Gasteiger partial charge < -0.3 is 10.1 Å². The highest BCUT2D eigenvalue weighted by Crippen LogP contribution is 2.19. The Morgan fingerprint density at radius 3 is 3.00 bits per heavy atom. The first-order valence-electron chi connectivity index (χ1n) is 5.73. The fraction of sp³-hybridized carbons (Fsp3) is 0.538. The Morgan fingerprint density at radius 2 is 2.31 bits per heavy atom. The van der Waals surface area contributed by atoms with Gasteiger partial charge in [-0.2, -0.15) is 11.8 Å². The lowest BCUT2D eigenvalue weighted by atomic mass is 10.1. The summed E-state index contributed by atoms with van der Waals surface area (Å²) in [4.78, 5) is 0. The monoisotopic (exact) mass is 237 g/mol. The van der Waals surface area contributed by atoms with Crippen LogP contribution in [0, 0.1) is 6.92 Å². The van der Waals surface area contributed by atoms with Gasteiger partial charge in [0.2, 0.25) is 0 Å². The fourth-order valence-electron chi connectivity index (χ4n) is 2.00. The Bertz CT molecular complexity index is 348. The van der Waals surface area contributed by atoms with E-state index in [4.69, 9.17) is 4.74 Å². The predicted octanol–water partition coefficient (Wildman–Crippen LogP) is 2.60. The zero-order chi connectivity index (χ0) is 11.4. The van der Waals surface area contributed by atoms with Crippen LogP contribution in [-0.2, 0) is 6.54 Å². The minimum atomic E-state index is 0.691. The Morgan fingerprint density at radius 1 is 1.44 bits per heavy atom. The van der Waals surface area contributed by atoms with E-state index >= 15 is 0 Å². The minimum Gasteiger partial charge on any atom is -0.497 e. The Balaban J connectivity index is 1.94. The van der Waals surface area contributed by atoms with E-state index in [9.17, 15) is 0 Å². The molecule has 16 heavy (non-hydrogen) atoms. The molecule has 1 aromatic rings. The second-order valence-electron chi connectivity index (χ2n) is 4.30. The lowest BCUT2D eigenvalue weighted by Crippen LogP contribution is -2.27. The Hall–Kier alpha value is -0.670. The van der Waals surface area contributed by atoms with Gasteiger partial charge in [-0.25, -0.2) is 0 Å². The van der Waals surface area contributed by atoms with Gasteiger partial charge in [0.15, 0.2) is 0 Å². The number of ether oxygens (including phenoxy) is 1. The van der Waals surface area contributed by atoms with Crippen LogP contribution in [0.3, 0.4) is 0 Å². The number of hydrogen-bond donors (Lipinski definition) is 1. The molecule has 0 saturated carbocycles. The summed E-state index contributed by atoms with van der Waals surface area (Å²) in [5.74, 6) is 3.51. The zero-order valence-electron chi connectivity index (χ0n) is 9.95. The maximum atomic E-state index is 5.28. The number of nitrogens with one attached hydrogen (secondary N) is 1. The summed E-state index contributed by atoms with van der Waals surface area (Å²) in [6.07, 6.45) is 1.30. The van der Waals surface area contributed by atoms with Crippen LogP contribution in [0.1, 0.15) is 17.5 Å². The van der Waals surface area contributed by atoms with Crippen molar-refractivity contribution in [1.82, 2.24) is 5.32 Å². The number of hydrogen-bond acceptors (Lipinski definition) is 3. The molecule has 1 aromatic carbocycles. The SMILES string of the molecule is COc1cc(C)cc(CNC2CCSC2)c1. The van der Waals surface area contributed by atoms with Gasteiger partial charge in [0.1, 0.15) is 5.75 Å². The summed E-state index contributed by atoms with van der Waals surface area (Å²) < 4.78 is 5.28. The van der Waals surface area contributed by atoms with E-state index in [2.05, 4.69) is 30.4 Å². The van der Waals surface area contributed by atoms with Crippen molar-refractivity contribution in [1.29, 1.82) is 0 Å². The van der Waals surface area contributed by atoms with E-state index in [-0.39, 0.29) is 0 Å². The highest BCUT2D eigenvalue weighted by Gasteiger charge is 2.14. The highest BCUT2D eigenvalue weighted by atomic mass is 32.2. The molecule has 0 radical (unpaired) electrons. The number of methoxy groups -OCH3 is 1. The quantitative estimate of drug-likeness (QED) is 0.869. The smallest absolute Gasteiger partial charge is 0.119 e. The summed E-state index contributed by atoms with van der Waals surface area (Å²) >= 11 is 2.04. The van der Waals surface area contributed by atoms with Crippen molar-refractivity contribution in [3.05, 3.63) is 29.3 Å². The maximum Gasteiger partial charge on any atom is 0.119 e. The third-order valence-electron chi connectivity index (χ3n) is 2.87. The third-order valence-corrected chi connectivity index (χ3v) is 4.03. The molecule has 3 heteroatoms. The first-order chi connectivity index (χ1) is 7.78. The lowest BCUT2D eigenvalue weighted by molar-refractivity contribution is 0.413. The topological polar surface area (TPSA) is 21.3 Å². The molecular weight excluding hydrogens is 218 g/mol. The Labute approximate surface area is 102 Å². The van der Waals surface area contributed by atoms with Crippen molar-refractivity contribution in [3.8, 4) is 5.75 Å². The molecular formula is C13H19NOS. The molecule has 88 valence electrons. The van der Waals surface area contributed by atoms with Crippen LogP contribution in [0.5, 0.6) is 5.75 Å². The average Bonchev–Trinajstić information content (AvgIpc) is 2.78. The van der Waals surface area contributed by atoms with E-state index < -0.39 is 0 Å². The number of benzene rings is 1. The van der Waals surface area contributed by atoms with Gasteiger partial charge in [-0.05, 0) is 42.4 Å². The predicted molar refractivity (Wildman–Crippen MR) is 70.3 cm³/mol. The van der Waals surface area contributed by atoms with Crippen molar-refractivity contribution >= 4 is 11.8 Å². The molecule has 1 saturated heterocycles. The summed E-state index contributed by atoms with van der Waals surface area (Å²) in [7, 11) is 1.72. The lowest BCUT2D eigenvalue weighted by Gasteiger charge is -2.12. The molecule has 1 heterocycles. The molecule has 0 amide bonds. The molecule has 0 aromatic heterocycles. The molecule has 2 nitrogen and oxygen atoms in total. The van der Waals surface area contributed by atoms with Gasteiger partial charge in [-0.1, -0.05) is 6.07 Å². The van der Waals surface area contributed by atoms with Crippen molar-refractivity contribution in [3.63, 3.8) is 0 Å². The van der Waals surface area contributed by atoms with E-state index in [1.807, 2.05) is 11.8 Å². The number of rotatable bonds is 4. The zero-order valence-corrected chi connectivity index (χ0v) is 10.8. The van der Waals surface area contributed by atoms with Gasteiger partial charge in [-0.15, -0.1) is 0 Å². The molecule has 0 bridgehead atoms. The van der Waals surface area contributed by atoms with Crippen LogP contribution in [-0.4, -0.2) is 24.7 Å². The standard InChI is InChI=1S/C13H19NOS/c1-10-5-11(7-13(6-10)15-2)8-14-12-3-4-16-9-12/h5-7,12,14H,3-4,8-9H2,1-2H3. The van der Waals surface area contributed by atoms with Crippen LogP contribution >= 0.6 is 11.8 Å². The normalized spacial score (nSPS) is 20.0. The van der Waals surface area contributed by atoms with Gasteiger partial charge in [0, 0.05) is 18.3 Å². The summed E-state index contributed by atoms with van der Waals surface area (Å²) in [5.41, 5.74) is 2.57. The molecule has 0 spiro atoms. The largest absolute Gasteiger partial charge is 0.497 e. The Kier molecular flexibility index (Phi) is 4.13. The maximum absolute atomic E-state index is 5.28. The van der Waals surface area contributed by atoms with Gasteiger partial charge >= 0.3 is 0 Å². The first kappa shape index (κ1) is 11.8. The van der Waals surface area contributed by atoms with Crippen molar-refractivity contribution in [2.24, 2.45) is 0 Å². The number of thioether (sulfide) groups is 1. The van der Waals surface area contributed by atoms with E-state index in [0.29, 0.717) is 6.04 Å². The second kappa shape index (κ2) is 5.60. The van der Waals surface area contributed by atoms with Gasteiger partial charge in [-0.3, -0.25) is 0 Å². The van der Waals surface area contributed by atoms with Crippen LogP contribution in [0.25, 0.3) is 0 Å². The summed E-state index contributed by atoms with van der Waals surface area (Å²) in [6.45, 7) is 3.06. The minimum absolute atomic E-state index is 0.691. The summed E-state index contributed by atoms with van der Waals surface area (Å²) in [6, 6.07) is 7.09. The second-order valence-corrected chi connectivity index (χ2v) is 5.45. The number of aryl methyl sites for hydroxylation is 1. The summed E-state index contributed by atoms with van der Waals surface area (Å²) in [5, 5.41) is 3.60. The molecule has 1 N–H and O–H groups in total. The molecule has 1 atom stereocenters. The van der Waals surface area contributed by atoms with Gasteiger partial charge in [0.25, 0.3) is 0 Å². The van der Waals surface area contributed by atoms with Crippen LogP contribution < -0.4 is 10.1 Å². The van der Waals surface area contributed by atoms with Crippen LogP contribution in [0.4, 0.5) is 0 Å². The van der Waals surface area contributed by atoms with E-state index in [1.165, 1.54) is 29.1 Å². The third kappa shape index (κ3) is 3.16. The first-order valence-corrected chi connectivity index (χ1v) is 6.89. The van der Waals surface area contributed by atoms with Crippen LogP contribution in [0.15, 0.2) is 18.2 Å². The van der Waals surface area contributed by atoms with Crippen molar-refractivity contribution in [2.75, 3.05) is 18.6 Å².